The first kappa shape index (κ1) is 12.9. The summed E-state index contributed by atoms with van der Waals surface area (Å²) < 4.78 is 1.97. The van der Waals surface area contributed by atoms with Crippen LogP contribution in [-0.4, -0.2) is 15.6 Å². The molecule has 1 aliphatic carbocycles. The average molecular weight is 249 g/mol. The van der Waals surface area contributed by atoms with Gasteiger partial charge in [-0.25, -0.2) is 4.79 Å². The Morgan fingerprint density at radius 2 is 2.06 bits per heavy atom. The Balaban J connectivity index is 2.48. The second-order valence-corrected chi connectivity index (χ2v) is 5.39. The van der Waals surface area contributed by atoms with Crippen LogP contribution < -0.4 is 5.43 Å². The Kier molecular flexibility index (Phi) is 3.28. The van der Waals surface area contributed by atoms with Crippen molar-refractivity contribution in [2.45, 2.75) is 39.7 Å². The Morgan fingerprint density at radius 3 is 2.56 bits per heavy atom. The summed E-state index contributed by atoms with van der Waals surface area (Å²) in [7, 11) is 0. The maximum atomic E-state index is 11.6. The summed E-state index contributed by atoms with van der Waals surface area (Å²) in [6.07, 6.45) is 3.71. The van der Waals surface area contributed by atoms with Gasteiger partial charge >= 0.3 is 5.97 Å². The monoisotopic (exact) mass is 249 g/mol. The predicted octanol–water partition coefficient (Wildman–Crippen LogP) is 2.46. The molecular formula is C14H19NO3. The first-order valence-corrected chi connectivity index (χ1v) is 6.38. The fourth-order valence-corrected chi connectivity index (χ4v) is 2.90. The van der Waals surface area contributed by atoms with Crippen LogP contribution in [0.2, 0.25) is 0 Å². The maximum Gasteiger partial charge on any atom is 0.341 e. The van der Waals surface area contributed by atoms with E-state index in [1.54, 1.807) is 0 Å². The number of carbonyl (C=O) groups is 1. The van der Waals surface area contributed by atoms with Gasteiger partial charge in [-0.1, -0.05) is 13.8 Å². The van der Waals surface area contributed by atoms with Gasteiger partial charge in [-0.05, 0) is 31.6 Å². The molecule has 0 aromatic carbocycles. The summed E-state index contributed by atoms with van der Waals surface area (Å²) in [5, 5.41) is 9.03. The fourth-order valence-electron chi connectivity index (χ4n) is 2.90. The summed E-state index contributed by atoms with van der Waals surface area (Å²) in [6, 6.07) is 1.73. The van der Waals surface area contributed by atoms with Crippen LogP contribution in [0.15, 0.2) is 17.1 Å². The molecule has 1 aromatic rings. The zero-order chi connectivity index (χ0) is 13.4. The van der Waals surface area contributed by atoms with E-state index in [0.29, 0.717) is 17.9 Å². The van der Waals surface area contributed by atoms with Crippen molar-refractivity contribution in [3.05, 3.63) is 33.7 Å². The largest absolute Gasteiger partial charge is 0.477 e. The summed E-state index contributed by atoms with van der Waals surface area (Å²) in [4.78, 5) is 22.6. The van der Waals surface area contributed by atoms with E-state index in [4.69, 9.17) is 5.11 Å². The quantitative estimate of drug-likeness (QED) is 0.875. The molecule has 18 heavy (non-hydrogen) atoms. The molecule has 0 radical (unpaired) electrons. The van der Waals surface area contributed by atoms with Gasteiger partial charge in [0.15, 0.2) is 5.43 Å². The minimum atomic E-state index is -1.15. The van der Waals surface area contributed by atoms with Crippen molar-refractivity contribution in [3.63, 3.8) is 0 Å². The first-order chi connectivity index (χ1) is 8.41. The lowest BCUT2D eigenvalue weighted by Gasteiger charge is -2.24. The van der Waals surface area contributed by atoms with Gasteiger partial charge in [0.2, 0.25) is 0 Å². The van der Waals surface area contributed by atoms with Gasteiger partial charge in [-0.3, -0.25) is 4.79 Å². The van der Waals surface area contributed by atoms with Crippen LogP contribution in [0.4, 0.5) is 0 Å². The number of carboxylic acids is 1. The first-order valence-electron chi connectivity index (χ1n) is 6.38. The van der Waals surface area contributed by atoms with E-state index in [1.807, 2.05) is 11.5 Å². The molecule has 1 aliphatic rings. The third-order valence-corrected chi connectivity index (χ3v) is 4.29. The smallest absolute Gasteiger partial charge is 0.341 e. The van der Waals surface area contributed by atoms with Crippen molar-refractivity contribution in [1.82, 2.24) is 4.57 Å². The molecule has 4 heteroatoms. The molecular weight excluding hydrogens is 230 g/mol. The lowest BCUT2D eigenvalue weighted by atomic mass is 9.97. The second-order valence-electron chi connectivity index (χ2n) is 5.39. The fraction of sp³-hybridized carbons (Fsp3) is 0.571. The van der Waals surface area contributed by atoms with Crippen molar-refractivity contribution >= 4 is 5.97 Å². The van der Waals surface area contributed by atoms with Crippen molar-refractivity contribution in [2.24, 2.45) is 11.8 Å². The molecule has 3 atom stereocenters. The van der Waals surface area contributed by atoms with Crippen LogP contribution in [0.3, 0.4) is 0 Å². The molecule has 0 aliphatic heterocycles. The van der Waals surface area contributed by atoms with Gasteiger partial charge in [0, 0.05) is 24.0 Å². The van der Waals surface area contributed by atoms with Crippen LogP contribution in [-0.2, 0) is 0 Å². The SMILES string of the molecule is Cc1cc(=O)c(C(=O)O)cn1C1CCC(C)C1C. The molecule has 4 nitrogen and oxygen atoms in total. The number of hydrogen-bond donors (Lipinski definition) is 1. The minimum Gasteiger partial charge on any atom is -0.477 e. The van der Waals surface area contributed by atoms with Gasteiger partial charge in [-0.15, -0.1) is 0 Å². The van der Waals surface area contributed by atoms with Crippen molar-refractivity contribution < 1.29 is 9.90 Å². The molecule has 1 saturated carbocycles. The highest BCUT2D eigenvalue weighted by atomic mass is 16.4. The average Bonchev–Trinajstić information content (AvgIpc) is 2.60. The van der Waals surface area contributed by atoms with Crippen LogP contribution in [0.5, 0.6) is 0 Å². The van der Waals surface area contributed by atoms with Crippen LogP contribution in [0, 0.1) is 18.8 Å². The van der Waals surface area contributed by atoms with Crippen molar-refractivity contribution in [3.8, 4) is 0 Å². The molecule has 1 fully saturated rings. The molecule has 1 aromatic heterocycles. The van der Waals surface area contributed by atoms with Crippen molar-refractivity contribution in [1.29, 1.82) is 0 Å². The Hall–Kier alpha value is -1.58. The zero-order valence-electron chi connectivity index (χ0n) is 11.0. The molecule has 1 N–H and O–H groups in total. The third kappa shape index (κ3) is 2.07. The topological polar surface area (TPSA) is 59.3 Å². The number of carboxylic acid groups (broad SMARTS) is 1. The van der Waals surface area contributed by atoms with E-state index in [2.05, 4.69) is 13.8 Å². The van der Waals surface area contributed by atoms with Gasteiger partial charge in [-0.2, -0.15) is 0 Å². The van der Waals surface area contributed by atoms with Crippen LogP contribution >= 0.6 is 0 Å². The van der Waals surface area contributed by atoms with E-state index in [9.17, 15) is 9.59 Å². The molecule has 98 valence electrons. The number of aromatic nitrogens is 1. The molecule has 2 rings (SSSR count). The van der Waals surface area contributed by atoms with E-state index in [1.165, 1.54) is 12.3 Å². The number of pyridine rings is 1. The Morgan fingerprint density at radius 1 is 1.39 bits per heavy atom. The molecule has 1 heterocycles. The Bertz CT molecular complexity index is 532. The van der Waals surface area contributed by atoms with Crippen LogP contribution in [0.25, 0.3) is 0 Å². The highest BCUT2D eigenvalue weighted by Crippen LogP contribution is 2.40. The van der Waals surface area contributed by atoms with E-state index < -0.39 is 11.4 Å². The van der Waals surface area contributed by atoms with E-state index in [-0.39, 0.29) is 5.56 Å². The number of hydrogen-bond acceptors (Lipinski definition) is 2. The number of nitrogens with zero attached hydrogens (tertiary/aromatic N) is 1. The molecule has 0 bridgehead atoms. The second kappa shape index (κ2) is 4.59. The summed E-state index contributed by atoms with van der Waals surface area (Å²) in [5.41, 5.74) is 0.304. The van der Waals surface area contributed by atoms with Crippen LogP contribution in [0.1, 0.15) is 48.8 Å². The van der Waals surface area contributed by atoms with Gasteiger partial charge in [0.05, 0.1) is 0 Å². The number of aromatic carboxylic acids is 1. The van der Waals surface area contributed by atoms with Gasteiger partial charge in [0.1, 0.15) is 5.56 Å². The zero-order valence-corrected chi connectivity index (χ0v) is 11.0. The van der Waals surface area contributed by atoms with E-state index >= 15 is 0 Å². The summed E-state index contributed by atoms with van der Waals surface area (Å²) in [5.74, 6) is 0.00222. The van der Waals surface area contributed by atoms with Gasteiger partial charge < -0.3 is 9.67 Å². The predicted molar refractivity (Wildman–Crippen MR) is 69.0 cm³/mol. The standard InChI is InChI=1S/C14H19NO3/c1-8-4-5-12(10(8)3)15-7-11(14(17)18)13(16)6-9(15)2/h6-8,10,12H,4-5H2,1-3H3,(H,17,18). The Labute approximate surface area is 106 Å². The number of aryl methyl sites for hydroxylation is 1. The molecule has 0 amide bonds. The van der Waals surface area contributed by atoms with E-state index in [0.717, 1.165) is 18.5 Å². The number of rotatable bonds is 2. The lowest BCUT2D eigenvalue weighted by Crippen LogP contribution is -2.23. The highest BCUT2D eigenvalue weighted by Gasteiger charge is 2.31. The molecule has 3 unspecified atom stereocenters. The summed E-state index contributed by atoms with van der Waals surface area (Å²) >= 11 is 0. The molecule has 0 spiro atoms. The summed E-state index contributed by atoms with van der Waals surface area (Å²) in [6.45, 7) is 6.28. The molecule has 0 saturated heterocycles. The minimum absolute atomic E-state index is 0.132. The lowest BCUT2D eigenvalue weighted by molar-refractivity contribution is 0.0694. The maximum absolute atomic E-state index is 11.6. The third-order valence-electron chi connectivity index (χ3n) is 4.29. The van der Waals surface area contributed by atoms with Crippen molar-refractivity contribution in [2.75, 3.05) is 0 Å². The van der Waals surface area contributed by atoms with Gasteiger partial charge in [0.25, 0.3) is 0 Å². The highest BCUT2D eigenvalue weighted by molar-refractivity contribution is 5.87. The normalized spacial score (nSPS) is 27.4.